The molecule has 24 heavy (non-hydrogen) atoms. The minimum absolute atomic E-state index is 0.469. The van der Waals surface area contributed by atoms with Crippen LogP contribution in [0.1, 0.15) is 6.42 Å². The Bertz CT molecular complexity index is 304. The summed E-state index contributed by atoms with van der Waals surface area (Å²) in [7, 11) is 2.71. The van der Waals surface area contributed by atoms with Crippen LogP contribution in [0.15, 0.2) is 0 Å². The van der Waals surface area contributed by atoms with E-state index in [1.54, 1.807) is 14.2 Å². The first-order valence-corrected chi connectivity index (χ1v) is 13.6. The Kier molecular flexibility index (Phi) is 11.7. The average molecular weight is 423 g/mol. The molecule has 0 aromatic rings. The van der Waals surface area contributed by atoms with Crippen molar-refractivity contribution in [2.45, 2.75) is 17.3 Å². The van der Waals surface area contributed by atoms with Crippen LogP contribution in [-0.4, -0.2) is 88.9 Å². The number of halogens is 1. The van der Waals surface area contributed by atoms with Crippen molar-refractivity contribution in [3.63, 3.8) is 0 Å². The summed E-state index contributed by atoms with van der Waals surface area (Å²) in [6.45, 7) is 0. The number of hydrogen-bond acceptors (Lipinski definition) is 8. The largest absolute Gasteiger partial charge is 0.510 e. The second-order valence-electron chi connectivity index (χ2n) is 4.88. The lowest BCUT2D eigenvalue weighted by Gasteiger charge is -2.46. The predicted octanol–water partition coefficient (Wildman–Crippen LogP) is 1.56. The molecule has 0 aliphatic heterocycles. The molecule has 0 N–H and O–H groups in total. The summed E-state index contributed by atoms with van der Waals surface area (Å²) in [5, 5.41) is 0. The quantitative estimate of drug-likeness (QED) is 0.308. The third-order valence-corrected chi connectivity index (χ3v) is 19.5. The molecule has 0 amide bonds. The molecule has 0 rings (SSSR count). The van der Waals surface area contributed by atoms with E-state index < -0.39 is 31.0 Å². The average Bonchev–Trinajstić information content (AvgIpc) is 2.65. The van der Waals surface area contributed by atoms with Crippen LogP contribution in [0.5, 0.6) is 0 Å². The molecule has 0 aliphatic carbocycles. The van der Waals surface area contributed by atoms with Gasteiger partial charge in [0.25, 0.3) is 0 Å². The summed E-state index contributed by atoms with van der Waals surface area (Å²) >= 11 is 5.90. The van der Waals surface area contributed by atoms with Crippen molar-refractivity contribution in [1.82, 2.24) is 0 Å². The van der Waals surface area contributed by atoms with Gasteiger partial charge in [-0.25, -0.2) is 0 Å². The molecule has 0 bridgehead atoms. The Hall–Kier alpha value is 0.621. The van der Waals surface area contributed by atoms with Crippen molar-refractivity contribution in [2.75, 3.05) is 62.8 Å². The highest BCUT2D eigenvalue weighted by molar-refractivity contribution is 7.01. The van der Waals surface area contributed by atoms with Crippen molar-refractivity contribution in [1.29, 1.82) is 0 Å². The molecule has 0 heterocycles. The van der Waals surface area contributed by atoms with Gasteiger partial charge in [-0.1, -0.05) is 0 Å². The smallest absolute Gasteiger partial charge is 0.397 e. The van der Waals surface area contributed by atoms with E-state index in [2.05, 4.69) is 0 Å². The fourth-order valence-corrected chi connectivity index (χ4v) is 20.3. The fraction of sp³-hybridized carbons (Fsp3) is 1.00. The Morgan fingerprint density at radius 2 is 0.958 bits per heavy atom. The highest BCUT2D eigenvalue weighted by Gasteiger charge is 2.74. The topological polar surface area (TPSA) is 73.8 Å². The molecule has 0 fully saturated rings. The molecule has 0 aromatic heterocycles. The van der Waals surface area contributed by atoms with Crippen LogP contribution in [0.4, 0.5) is 0 Å². The Morgan fingerprint density at radius 1 is 0.625 bits per heavy atom. The van der Waals surface area contributed by atoms with E-state index in [-0.39, 0.29) is 0 Å². The van der Waals surface area contributed by atoms with Crippen LogP contribution in [-0.2, 0) is 35.4 Å². The number of alkyl halides is 1. The minimum atomic E-state index is -3.32. The summed E-state index contributed by atoms with van der Waals surface area (Å²) in [5.41, 5.74) is 0. The monoisotopic (exact) mass is 422 g/mol. The molecule has 146 valence electrons. The lowest BCUT2D eigenvalue weighted by Crippen LogP contribution is -2.72. The third kappa shape index (κ3) is 4.66. The van der Waals surface area contributed by atoms with Gasteiger partial charge in [0.05, 0.1) is 0 Å². The van der Waals surface area contributed by atoms with E-state index in [1.807, 2.05) is 0 Å². The molecule has 0 saturated heterocycles. The van der Waals surface area contributed by atoms with Crippen molar-refractivity contribution in [3.8, 4) is 0 Å². The van der Waals surface area contributed by atoms with Gasteiger partial charge in [0.1, 0.15) is 4.79 Å². The molecule has 0 saturated carbocycles. The molecule has 12 heteroatoms. The van der Waals surface area contributed by atoms with Gasteiger partial charge in [-0.15, -0.1) is 11.6 Å². The minimum Gasteiger partial charge on any atom is -0.397 e. The fourth-order valence-electron chi connectivity index (χ4n) is 2.94. The zero-order valence-electron chi connectivity index (χ0n) is 15.8. The van der Waals surface area contributed by atoms with Crippen molar-refractivity contribution in [2.24, 2.45) is 0 Å². The van der Waals surface area contributed by atoms with Gasteiger partial charge in [0.15, 0.2) is 0 Å². The maximum Gasteiger partial charge on any atom is 0.510 e. The lowest BCUT2D eigenvalue weighted by atomic mass is 10.6. The molecule has 8 nitrogen and oxygen atoms in total. The molecule has 0 aliphatic rings. The first-order valence-electron chi connectivity index (χ1n) is 7.39. The third-order valence-electron chi connectivity index (χ3n) is 4.20. The van der Waals surface area contributed by atoms with E-state index in [4.69, 9.17) is 47.0 Å². The zero-order chi connectivity index (χ0) is 18.9. The molecule has 0 unspecified atom stereocenters. The van der Waals surface area contributed by atoms with E-state index in [9.17, 15) is 0 Å². The van der Waals surface area contributed by atoms with Crippen LogP contribution in [0.2, 0.25) is 10.8 Å². The summed E-state index contributed by atoms with van der Waals surface area (Å²) < 4.78 is 46.2. The predicted molar refractivity (Wildman–Crippen MR) is 97.2 cm³/mol. The lowest BCUT2D eigenvalue weighted by molar-refractivity contribution is 0.0799. The number of hydrogen-bond donors (Lipinski definition) is 0. The van der Waals surface area contributed by atoms with Crippen LogP contribution in [0, 0.1) is 0 Å². The van der Waals surface area contributed by atoms with E-state index in [0.717, 1.165) is 0 Å². The van der Waals surface area contributed by atoms with Gasteiger partial charge in [-0.2, -0.15) is 0 Å². The van der Waals surface area contributed by atoms with Gasteiger partial charge < -0.3 is 35.4 Å². The zero-order valence-corrected chi connectivity index (χ0v) is 19.6. The van der Waals surface area contributed by atoms with Crippen molar-refractivity contribution in [3.05, 3.63) is 0 Å². The van der Waals surface area contributed by atoms with Gasteiger partial charge in [0, 0.05) is 62.8 Å². The summed E-state index contributed by atoms with van der Waals surface area (Å²) in [4.78, 5) is -0.560. The summed E-state index contributed by atoms with van der Waals surface area (Å²) in [6, 6.07) is 0.587. The Balaban J connectivity index is 6.47. The van der Waals surface area contributed by atoms with E-state index >= 15 is 0 Å². The van der Waals surface area contributed by atoms with Crippen molar-refractivity contribution < 1.29 is 35.4 Å². The second kappa shape index (κ2) is 11.4. The summed E-state index contributed by atoms with van der Waals surface area (Å²) in [6.07, 6.45) is 0.690. The molecule has 0 spiro atoms. The first-order chi connectivity index (χ1) is 11.4. The maximum atomic E-state index is 5.92. The normalized spacial score (nSPS) is 13.8. The highest BCUT2D eigenvalue weighted by atomic mass is 35.5. The first kappa shape index (κ1) is 24.6. The van der Waals surface area contributed by atoms with Gasteiger partial charge >= 0.3 is 26.2 Å². The molecular weight excluding hydrogens is 392 g/mol. The van der Waals surface area contributed by atoms with Crippen molar-refractivity contribution >= 4 is 37.8 Å². The molecule has 0 atom stereocenters. The van der Waals surface area contributed by atoms with E-state index in [0.29, 0.717) is 18.3 Å². The van der Waals surface area contributed by atoms with Crippen LogP contribution in [0.3, 0.4) is 0 Å². The van der Waals surface area contributed by atoms with Crippen LogP contribution >= 0.6 is 11.6 Å². The molecular formula is C12H31ClO8Si3. The van der Waals surface area contributed by atoms with Crippen LogP contribution in [0.25, 0.3) is 0 Å². The maximum absolute atomic E-state index is 5.92. The molecule has 0 radical (unpaired) electrons. The number of rotatable bonds is 14. The standard InChI is InChI=1S/C12H31ClO8Si3/c1-14-22(15-2,11-9-10-13)12(23(16-3,17-4)18-5)24(19-6,20-7)21-8/h12H,9-11H2,1-8H3. The second-order valence-corrected chi connectivity index (χ2v) is 16.5. The van der Waals surface area contributed by atoms with Gasteiger partial charge in [-0.05, 0) is 12.5 Å². The Labute approximate surface area is 153 Å². The van der Waals surface area contributed by atoms with Gasteiger partial charge in [0.2, 0.25) is 0 Å². The van der Waals surface area contributed by atoms with E-state index in [1.165, 1.54) is 42.7 Å². The molecule has 0 aromatic carbocycles. The Morgan fingerprint density at radius 3 is 1.17 bits per heavy atom. The highest BCUT2D eigenvalue weighted by Crippen LogP contribution is 2.44. The SMILES string of the molecule is CO[Si](CCCCl)(OC)C([Si](OC)(OC)OC)[Si](OC)(OC)OC. The summed E-state index contributed by atoms with van der Waals surface area (Å²) in [5.74, 6) is 0.469. The van der Waals surface area contributed by atoms with Gasteiger partial charge in [-0.3, -0.25) is 0 Å². The van der Waals surface area contributed by atoms with Crippen LogP contribution < -0.4 is 0 Å².